The summed E-state index contributed by atoms with van der Waals surface area (Å²) in [4.78, 5) is 23.5. The Balaban J connectivity index is 1.77. The molecule has 3 aromatic rings. The van der Waals surface area contributed by atoms with Gasteiger partial charge in [-0.25, -0.2) is 4.79 Å². The molecule has 160 valence electrons. The first kappa shape index (κ1) is 22.9. The number of carbonyl (C=O) groups excluding carboxylic acids is 1. The van der Waals surface area contributed by atoms with E-state index in [0.29, 0.717) is 22.0 Å². The maximum atomic E-state index is 12.6. The zero-order chi connectivity index (χ0) is 23.1. The second-order valence-corrected chi connectivity index (χ2v) is 7.42. The number of nitrogens with one attached hydrogen (secondary N) is 1. The number of rotatable bonds is 7. The molecule has 0 saturated carbocycles. The lowest BCUT2D eigenvalue weighted by molar-refractivity contribution is -0.112. The van der Waals surface area contributed by atoms with E-state index in [1.165, 1.54) is 24.3 Å². The molecule has 0 heterocycles. The number of hydrogen-bond acceptors (Lipinski definition) is 4. The molecule has 0 aromatic heterocycles. The second kappa shape index (κ2) is 10.5. The Morgan fingerprint density at radius 1 is 1.06 bits per heavy atom. The minimum Gasteiger partial charge on any atom is -0.488 e. The summed E-state index contributed by atoms with van der Waals surface area (Å²) >= 11 is 11.9. The van der Waals surface area contributed by atoms with Gasteiger partial charge in [0, 0.05) is 10.6 Å². The molecule has 0 radical (unpaired) electrons. The molecule has 0 spiro atoms. The van der Waals surface area contributed by atoms with Crippen LogP contribution in [0.15, 0.2) is 72.3 Å². The molecule has 0 bridgehead atoms. The van der Waals surface area contributed by atoms with Gasteiger partial charge in [-0.15, -0.1) is 0 Å². The third-order valence-electron chi connectivity index (χ3n) is 4.36. The first-order valence-corrected chi connectivity index (χ1v) is 10.0. The number of nitriles is 1. The molecule has 0 aliphatic heterocycles. The first-order valence-electron chi connectivity index (χ1n) is 9.29. The number of halogens is 2. The monoisotopic (exact) mass is 466 g/mol. The number of hydrogen-bond donors (Lipinski definition) is 2. The van der Waals surface area contributed by atoms with Crippen molar-refractivity contribution in [1.82, 2.24) is 0 Å². The molecular formula is C24H16Cl2N2O4. The van der Waals surface area contributed by atoms with Gasteiger partial charge in [0.25, 0.3) is 5.91 Å². The van der Waals surface area contributed by atoms with Crippen molar-refractivity contribution in [3.05, 3.63) is 99.0 Å². The van der Waals surface area contributed by atoms with Crippen molar-refractivity contribution >= 4 is 46.8 Å². The zero-order valence-corrected chi connectivity index (χ0v) is 18.0. The molecule has 3 aromatic carbocycles. The predicted molar refractivity (Wildman–Crippen MR) is 123 cm³/mol. The third kappa shape index (κ3) is 5.88. The molecule has 0 saturated heterocycles. The van der Waals surface area contributed by atoms with Gasteiger partial charge in [-0.05, 0) is 48.0 Å². The summed E-state index contributed by atoms with van der Waals surface area (Å²) in [6.45, 7) is 0.180. The van der Waals surface area contributed by atoms with Crippen LogP contribution in [0.3, 0.4) is 0 Å². The third-order valence-corrected chi connectivity index (χ3v) is 4.91. The van der Waals surface area contributed by atoms with Crippen molar-refractivity contribution in [2.45, 2.75) is 6.61 Å². The Morgan fingerprint density at radius 3 is 2.44 bits per heavy atom. The topological polar surface area (TPSA) is 99.4 Å². The van der Waals surface area contributed by atoms with Crippen LogP contribution >= 0.6 is 23.2 Å². The van der Waals surface area contributed by atoms with Crippen molar-refractivity contribution in [2.24, 2.45) is 0 Å². The molecule has 0 unspecified atom stereocenters. The van der Waals surface area contributed by atoms with Crippen LogP contribution in [0.25, 0.3) is 6.08 Å². The number of anilines is 1. The molecule has 0 fully saturated rings. The van der Waals surface area contributed by atoms with Crippen LogP contribution < -0.4 is 10.1 Å². The van der Waals surface area contributed by atoms with Crippen LogP contribution in [0.2, 0.25) is 10.0 Å². The van der Waals surface area contributed by atoms with Gasteiger partial charge in [0.1, 0.15) is 24.0 Å². The summed E-state index contributed by atoms with van der Waals surface area (Å²) in [5, 5.41) is 21.7. The number of ether oxygens (including phenoxy) is 1. The highest BCUT2D eigenvalue weighted by Gasteiger charge is 2.13. The van der Waals surface area contributed by atoms with E-state index in [2.05, 4.69) is 5.32 Å². The number of nitrogens with zero attached hydrogens (tertiary/aromatic N) is 1. The first-order chi connectivity index (χ1) is 15.4. The molecule has 6 nitrogen and oxygen atoms in total. The Kier molecular flexibility index (Phi) is 7.50. The molecule has 0 atom stereocenters. The van der Waals surface area contributed by atoms with Crippen molar-refractivity contribution in [1.29, 1.82) is 5.26 Å². The lowest BCUT2D eigenvalue weighted by atomic mass is 10.1. The molecule has 32 heavy (non-hydrogen) atoms. The van der Waals surface area contributed by atoms with Gasteiger partial charge in [-0.2, -0.15) is 5.26 Å². The van der Waals surface area contributed by atoms with Gasteiger partial charge in [-0.3, -0.25) is 4.79 Å². The number of carboxylic acid groups (broad SMARTS) is 1. The summed E-state index contributed by atoms with van der Waals surface area (Å²) in [5.74, 6) is -1.18. The fourth-order valence-corrected chi connectivity index (χ4v) is 3.18. The number of carbonyl (C=O) groups is 2. The van der Waals surface area contributed by atoms with Gasteiger partial charge in [0.05, 0.1) is 16.3 Å². The number of para-hydroxylation sites is 1. The smallest absolute Gasteiger partial charge is 0.335 e. The average molecular weight is 467 g/mol. The van der Waals surface area contributed by atoms with Gasteiger partial charge in [0.15, 0.2) is 0 Å². The second-order valence-electron chi connectivity index (χ2n) is 6.58. The molecule has 2 N–H and O–H groups in total. The Hall–Kier alpha value is -3.79. The fraction of sp³-hybridized carbons (Fsp3) is 0.0417. The van der Waals surface area contributed by atoms with Gasteiger partial charge >= 0.3 is 5.97 Å². The van der Waals surface area contributed by atoms with Crippen LogP contribution in [0.4, 0.5) is 5.69 Å². The maximum absolute atomic E-state index is 12.6. The van der Waals surface area contributed by atoms with E-state index in [0.717, 1.165) is 5.56 Å². The highest BCUT2D eigenvalue weighted by atomic mass is 35.5. The van der Waals surface area contributed by atoms with Crippen LogP contribution in [0.1, 0.15) is 21.5 Å². The van der Waals surface area contributed by atoms with E-state index < -0.39 is 11.9 Å². The minimum atomic E-state index is -1.00. The summed E-state index contributed by atoms with van der Waals surface area (Å²) in [6, 6.07) is 19.7. The van der Waals surface area contributed by atoms with E-state index >= 15 is 0 Å². The summed E-state index contributed by atoms with van der Waals surface area (Å²) in [7, 11) is 0. The lowest BCUT2D eigenvalue weighted by Gasteiger charge is -2.10. The molecular weight excluding hydrogens is 451 g/mol. The van der Waals surface area contributed by atoms with Gasteiger partial charge < -0.3 is 15.2 Å². The number of aromatic carboxylic acids is 1. The SMILES string of the molecule is N#CC(=Cc1ccccc1OCc1ccc(C(=O)O)cc1)C(=O)Nc1ccc(Cl)cc1Cl. The largest absolute Gasteiger partial charge is 0.488 e. The van der Waals surface area contributed by atoms with Crippen molar-refractivity contribution in [3.8, 4) is 11.8 Å². The van der Waals surface area contributed by atoms with E-state index in [4.69, 9.17) is 33.0 Å². The normalized spacial score (nSPS) is 10.8. The molecule has 1 amide bonds. The van der Waals surface area contributed by atoms with Crippen LogP contribution in [0.5, 0.6) is 5.75 Å². The van der Waals surface area contributed by atoms with E-state index in [1.54, 1.807) is 48.5 Å². The molecule has 8 heteroatoms. The zero-order valence-electron chi connectivity index (χ0n) is 16.5. The Labute approximate surface area is 194 Å². The fourth-order valence-electron chi connectivity index (χ4n) is 2.72. The van der Waals surface area contributed by atoms with E-state index in [9.17, 15) is 14.9 Å². The van der Waals surface area contributed by atoms with Crippen LogP contribution in [0, 0.1) is 11.3 Å². The summed E-state index contributed by atoms with van der Waals surface area (Å²) in [6.07, 6.45) is 1.42. The van der Waals surface area contributed by atoms with E-state index in [1.807, 2.05) is 6.07 Å². The molecule has 0 aliphatic carbocycles. The Bertz CT molecular complexity index is 1230. The maximum Gasteiger partial charge on any atom is 0.335 e. The van der Waals surface area contributed by atoms with Crippen molar-refractivity contribution in [2.75, 3.05) is 5.32 Å². The molecule has 3 rings (SSSR count). The number of benzene rings is 3. The molecule has 0 aliphatic rings. The Morgan fingerprint density at radius 2 is 1.78 bits per heavy atom. The van der Waals surface area contributed by atoms with Crippen molar-refractivity contribution in [3.63, 3.8) is 0 Å². The number of amides is 1. The summed E-state index contributed by atoms with van der Waals surface area (Å²) in [5.41, 5.74) is 1.67. The van der Waals surface area contributed by atoms with Gasteiger partial charge in [-0.1, -0.05) is 53.5 Å². The predicted octanol–water partition coefficient (Wildman–Crippen LogP) is 5.82. The van der Waals surface area contributed by atoms with Crippen LogP contribution in [-0.2, 0) is 11.4 Å². The summed E-state index contributed by atoms with van der Waals surface area (Å²) < 4.78 is 5.83. The van der Waals surface area contributed by atoms with Gasteiger partial charge in [0.2, 0.25) is 0 Å². The number of carboxylic acids is 1. The van der Waals surface area contributed by atoms with Crippen LogP contribution in [-0.4, -0.2) is 17.0 Å². The minimum absolute atomic E-state index is 0.141. The standard InChI is InChI=1S/C24H16Cl2N2O4/c25-19-9-10-21(20(26)12-19)28-23(29)18(13-27)11-17-3-1-2-4-22(17)32-14-15-5-7-16(8-6-15)24(30)31/h1-12H,14H2,(H,28,29)(H,30,31). The highest BCUT2D eigenvalue weighted by Crippen LogP contribution is 2.27. The highest BCUT2D eigenvalue weighted by molar-refractivity contribution is 6.36. The quantitative estimate of drug-likeness (QED) is 0.337. The lowest BCUT2D eigenvalue weighted by Crippen LogP contribution is -2.13. The van der Waals surface area contributed by atoms with Crippen molar-refractivity contribution < 1.29 is 19.4 Å². The average Bonchev–Trinajstić information content (AvgIpc) is 2.78. The van der Waals surface area contributed by atoms with E-state index in [-0.39, 0.29) is 22.8 Å².